The molecule has 0 saturated carbocycles. The van der Waals surface area contributed by atoms with E-state index in [1.807, 2.05) is 13.8 Å². The van der Waals surface area contributed by atoms with Crippen molar-refractivity contribution in [2.24, 2.45) is 0 Å². The summed E-state index contributed by atoms with van der Waals surface area (Å²) in [6.45, 7) is 7.86. The minimum Gasteiger partial charge on any atom is -0.394 e. The zero-order valence-corrected chi connectivity index (χ0v) is 26.8. The molecule has 3 aliphatic heterocycles. The predicted octanol–water partition coefficient (Wildman–Crippen LogP) is -1.07. The summed E-state index contributed by atoms with van der Waals surface area (Å²) in [5.41, 5.74) is 0. The summed E-state index contributed by atoms with van der Waals surface area (Å²) in [6.07, 6.45) is -14.2. The van der Waals surface area contributed by atoms with Crippen molar-refractivity contribution in [1.82, 2.24) is 0 Å². The van der Waals surface area contributed by atoms with Crippen LogP contribution in [0.2, 0.25) is 0 Å². The smallest absolute Gasteiger partial charge is 0.187 e. The molecule has 3 fully saturated rings. The molecule has 7 N–H and O–H groups in total. The summed E-state index contributed by atoms with van der Waals surface area (Å²) in [7, 11) is 0. The van der Waals surface area contributed by atoms with Crippen LogP contribution in [0.4, 0.5) is 0 Å². The molecular weight excluding hydrogens is 600 g/mol. The van der Waals surface area contributed by atoms with Gasteiger partial charge >= 0.3 is 0 Å². The quantitative estimate of drug-likeness (QED) is 0.0875. The zero-order valence-electron chi connectivity index (χ0n) is 26.8. The van der Waals surface area contributed by atoms with Crippen molar-refractivity contribution in [3.8, 4) is 0 Å². The maximum absolute atomic E-state index is 11.2. The Morgan fingerprint density at radius 1 is 0.511 bits per heavy atom. The SMILES string of the molecule is CCCCOC1[C@H](OCCCC)C(C)O[C@@H](O[C@H]2C(O)[C@@H](O)C(CO)O[C@H]2O[C@@H]2C(CO)O[C@@H](O)[C@@H](O)C2O)[C@H]1OCCCC. The van der Waals surface area contributed by atoms with Crippen molar-refractivity contribution in [1.29, 1.82) is 0 Å². The number of rotatable bonds is 18. The minimum atomic E-state index is -1.79. The number of hydrogen-bond acceptors (Lipinski definition) is 15. The van der Waals surface area contributed by atoms with Gasteiger partial charge in [-0.3, -0.25) is 0 Å². The van der Waals surface area contributed by atoms with E-state index in [1.165, 1.54) is 0 Å². The van der Waals surface area contributed by atoms with Gasteiger partial charge in [-0.15, -0.1) is 0 Å². The lowest BCUT2D eigenvalue weighted by molar-refractivity contribution is -0.389. The third kappa shape index (κ3) is 9.96. The number of aliphatic hydroxyl groups is 7. The summed E-state index contributed by atoms with van der Waals surface area (Å²) in [5.74, 6) is 0. The van der Waals surface area contributed by atoms with Gasteiger partial charge in [0, 0.05) is 19.8 Å². The van der Waals surface area contributed by atoms with Gasteiger partial charge in [0.25, 0.3) is 0 Å². The van der Waals surface area contributed by atoms with Crippen LogP contribution in [0.25, 0.3) is 0 Å². The van der Waals surface area contributed by atoms with Crippen molar-refractivity contribution >= 4 is 0 Å². The van der Waals surface area contributed by atoms with E-state index in [2.05, 4.69) is 13.8 Å². The Morgan fingerprint density at radius 2 is 1.00 bits per heavy atom. The number of ether oxygens (including phenoxy) is 8. The second kappa shape index (κ2) is 19.4. The zero-order chi connectivity index (χ0) is 33.1. The molecule has 0 bridgehead atoms. The molecule has 3 rings (SSSR count). The molecule has 0 spiro atoms. The first kappa shape index (κ1) is 38.8. The van der Waals surface area contributed by atoms with E-state index in [9.17, 15) is 35.7 Å². The Kier molecular flexibility index (Phi) is 16.8. The molecule has 15 nitrogen and oxygen atoms in total. The summed E-state index contributed by atoms with van der Waals surface area (Å²) >= 11 is 0. The molecule has 0 aromatic carbocycles. The summed E-state index contributed by atoms with van der Waals surface area (Å²) in [4.78, 5) is 0. The molecule has 3 aliphatic rings. The average molecular weight is 657 g/mol. The fourth-order valence-corrected chi connectivity index (χ4v) is 5.62. The number of unbranched alkanes of at least 4 members (excludes halogenated alkanes) is 3. The van der Waals surface area contributed by atoms with Crippen molar-refractivity contribution in [2.45, 2.75) is 158 Å². The van der Waals surface area contributed by atoms with Crippen LogP contribution in [0, 0.1) is 0 Å². The van der Waals surface area contributed by atoms with Crippen LogP contribution in [-0.2, 0) is 37.9 Å². The molecule has 0 amide bonds. The summed E-state index contributed by atoms with van der Waals surface area (Å²) in [6, 6.07) is 0. The van der Waals surface area contributed by atoms with Crippen LogP contribution in [0.15, 0.2) is 0 Å². The highest BCUT2D eigenvalue weighted by molar-refractivity contribution is 4.97. The van der Waals surface area contributed by atoms with Gasteiger partial charge < -0.3 is 73.6 Å². The first-order chi connectivity index (χ1) is 21.6. The van der Waals surface area contributed by atoms with Gasteiger partial charge in [-0.05, 0) is 26.2 Å². The van der Waals surface area contributed by atoms with Crippen LogP contribution in [0.1, 0.15) is 66.2 Å². The van der Waals surface area contributed by atoms with Crippen LogP contribution >= 0.6 is 0 Å². The monoisotopic (exact) mass is 656 g/mol. The highest BCUT2D eigenvalue weighted by Crippen LogP contribution is 2.35. The molecule has 3 heterocycles. The fraction of sp³-hybridized carbons (Fsp3) is 1.00. The summed E-state index contributed by atoms with van der Waals surface area (Å²) < 4.78 is 48.4. The lowest BCUT2D eigenvalue weighted by Crippen LogP contribution is -2.67. The van der Waals surface area contributed by atoms with Crippen LogP contribution in [-0.4, -0.2) is 161 Å². The Hall–Kier alpha value is -0.600. The van der Waals surface area contributed by atoms with Crippen LogP contribution < -0.4 is 0 Å². The number of hydrogen-bond donors (Lipinski definition) is 7. The third-order valence-electron chi connectivity index (χ3n) is 8.40. The van der Waals surface area contributed by atoms with Crippen molar-refractivity contribution in [3.63, 3.8) is 0 Å². The lowest BCUT2D eigenvalue weighted by Gasteiger charge is -2.49. The first-order valence-electron chi connectivity index (χ1n) is 16.4. The Morgan fingerprint density at radius 3 is 1.56 bits per heavy atom. The fourth-order valence-electron chi connectivity index (χ4n) is 5.62. The van der Waals surface area contributed by atoms with Crippen LogP contribution in [0.5, 0.6) is 0 Å². The standard InChI is InChI=1S/C30H56O15/c1-5-8-11-38-23-16(4)41-30(27(40-13-10-7-3)26(23)39-12-9-6-2)45-25-20(34)19(33)17(14-31)43-29(25)44-24-18(15-32)42-28(37)22(36)21(24)35/h16-37H,5-15H2,1-4H3/t16?,17?,18?,19-,20?,21?,22-,23+,24+,25-,26?,27-,28+,29-,30-/m0/s1. The van der Waals surface area contributed by atoms with Crippen molar-refractivity contribution in [3.05, 3.63) is 0 Å². The lowest BCUT2D eigenvalue weighted by atomic mass is 9.96. The first-order valence-corrected chi connectivity index (χ1v) is 16.4. The van der Waals surface area contributed by atoms with Crippen molar-refractivity contribution < 1.29 is 73.6 Å². The minimum absolute atomic E-state index is 0.358. The van der Waals surface area contributed by atoms with Gasteiger partial charge in [-0.2, -0.15) is 0 Å². The maximum Gasteiger partial charge on any atom is 0.187 e. The molecular formula is C30H56O15. The molecule has 0 radical (unpaired) electrons. The van der Waals surface area contributed by atoms with Gasteiger partial charge in [0.05, 0.1) is 19.3 Å². The molecule has 0 aromatic heterocycles. The molecule has 0 aliphatic carbocycles. The molecule has 3 saturated heterocycles. The van der Waals surface area contributed by atoms with Gasteiger partial charge in [0.15, 0.2) is 18.9 Å². The molecule has 6 unspecified atom stereocenters. The van der Waals surface area contributed by atoms with E-state index < -0.39 is 105 Å². The van der Waals surface area contributed by atoms with Crippen LogP contribution in [0.3, 0.4) is 0 Å². The molecule has 266 valence electrons. The van der Waals surface area contributed by atoms with Gasteiger partial charge in [0.2, 0.25) is 0 Å². The normalized spacial score (nSPS) is 42.6. The van der Waals surface area contributed by atoms with E-state index in [0.717, 1.165) is 38.5 Å². The topological polar surface area (TPSA) is 215 Å². The highest BCUT2D eigenvalue weighted by Gasteiger charge is 2.54. The Labute approximate surface area is 265 Å². The maximum atomic E-state index is 11.2. The van der Waals surface area contributed by atoms with E-state index in [4.69, 9.17) is 37.9 Å². The van der Waals surface area contributed by atoms with Gasteiger partial charge in [-0.1, -0.05) is 40.0 Å². The molecule has 15 atom stereocenters. The number of aliphatic hydroxyl groups excluding tert-OH is 7. The van der Waals surface area contributed by atoms with E-state index >= 15 is 0 Å². The second-order valence-corrected chi connectivity index (χ2v) is 11.9. The van der Waals surface area contributed by atoms with Gasteiger partial charge in [0.1, 0.15) is 67.1 Å². The van der Waals surface area contributed by atoms with E-state index in [1.54, 1.807) is 0 Å². The van der Waals surface area contributed by atoms with E-state index in [-0.39, 0.29) is 0 Å². The van der Waals surface area contributed by atoms with Gasteiger partial charge in [-0.25, -0.2) is 0 Å². The molecule has 15 heteroatoms. The average Bonchev–Trinajstić information content (AvgIpc) is 3.03. The van der Waals surface area contributed by atoms with E-state index in [0.29, 0.717) is 19.8 Å². The predicted molar refractivity (Wildman–Crippen MR) is 156 cm³/mol. The largest absolute Gasteiger partial charge is 0.394 e. The third-order valence-corrected chi connectivity index (χ3v) is 8.40. The van der Waals surface area contributed by atoms with Crippen molar-refractivity contribution in [2.75, 3.05) is 33.0 Å². The summed E-state index contributed by atoms with van der Waals surface area (Å²) in [5, 5.41) is 72.5. The second-order valence-electron chi connectivity index (χ2n) is 11.9. The Balaban J connectivity index is 1.92. The Bertz CT molecular complexity index is 807. The molecule has 45 heavy (non-hydrogen) atoms. The molecule has 0 aromatic rings. The highest BCUT2D eigenvalue weighted by atomic mass is 16.8.